The number of amidine groups is 1. The highest BCUT2D eigenvalue weighted by Crippen LogP contribution is 2.14. The van der Waals surface area contributed by atoms with Gasteiger partial charge in [-0.15, -0.1) is 0 Å². The average Bonchev–Trinajstić information content (AvgIpc) is 2.69. The molecule has 0 unspecified atom stereocenters. The molecule has 0 aliphatic carbocycles. The van der Waals surface area contributed by atoms with E-state index in [1.54, 1.807) is 13.1 Å². The van der Waals surface area contributed by atoms with Crippen LogP contribution in [-0.4, -0.2) is 30.8 Å². The Bertz CT molecular complexity index is 542. The molecule has 0 aromatic carbocycles. The highest BCUT2D eigenvalue weighted by molar-refractivity contribution is 6.31. The number of oxime groups is 1. The van der Waals surface area contributed by atoms with Crippen LogP contribution in [0.4, 0.5) is 0 Å². The van der Waals surface area contributed by atoms with Crippen LogP contribution in [0.1, 0.15) is 11.4 Å². The van der Waals surface area contributed by atoms with Gasteiger partial charge in [0.2, 0.25) is 0 Å². The van der Waals surface area contributed by atoms with E-state index in [9.17, 15) is 0 Å². The fourth-order valence-electron chi connectivity index (χ4n) is 1.18. The minimum absolute atomic E-state index is 0.0984. The first kappa shape index (κ1) is 11.3. The SMILES string of the molecule is Cc1nn(-c2cnc(C(N)=NO)cn2)cc1Cl. The van der Waals surface area contributed by atoms with Crippen LogP contribution in [0.3, 0.4) is 0 Å². The van der Waals surface area contributed by atoms with E-state index in [0.29, 0.717) is 16.5 Å². The van der Waals surface area contributed by atoms with Crippen LogP contribution in [0.25, 0.3) is 5.82 Å². The molecule has 0 saturated heterocycles. The van der Waals surface area contributed by atoms with Crippen molar-refractivity contribution in [2.24, 2.45) is 10.9 Å². The van der Waals surface area contributed by atoms with Crippen LogP contribution in [-0.2, 0) is 0 Å². The lowest BCUT2D eigenvalue weighted by molar-refractivity contribution is 0.318. The Labute approximate surface area is 102 Å². The van der Waals surface area contributed by atoms with Crippen molar-refractivity contribution in [2.45, 2.75) is 6.92 Å². The lowest BCUT2D eigenvalue weighted by atomic mass is 10.4. The molecule has 88 valence electrons. The van der Waals surface area contributed by atoms with Gasteiger partial charge in [0.1, 0.15) is 5.69 Å². The van der Waals surface area contributed by atoms with Gasteiger partial charge < -0.3 is 10.9 Å². The molecule has 0 bridgehead atoms. The topological polar surface area (TPSA) is 102 Å². The van der Waals surface area contributed by atoms with Crippen molar-refractivity contribution in [1.29, 1.82) is 0 Å². The molecular formula is C9H9ClN6O. The molecule has 0 spiro atoms. The fraction of sp³-hybridized carbons (Fsp3) is 0.111. The summed E-state index contributed by atoms with van der Waals surface area (Å²) in [5.41, 5.74) is 6.35. The molecule has 0 fully saturated rings. The van der Waals surface area contributed by atoms with Crippen molar-refractivity contribution in [2.75, 3.05) is 0 Å². The molecule has 2 rings (SSSR count). The predicted molar refractivity (Wildman–Crippen MR) is 61.4 cm³/mol. The Morgan fingerprint density at radius 3 is 2.71 bits per heavy atom. The van der Waals surface area contributed by atoms with Crippen molar-refractivity contribution in [1.82, 2.24) is 19.7 Å². The van der Waals surface area contributed by atoms with Gasteiger partial charge in [0.05, 0.1) is 29.3 Å². The molecular weight excluding hydrogens is 244 g/mol. The van der Waals surface area contributed by atoms with Crippen LogP contribution in [0.15, 0.2) is 23.7 Å². The van der Waals surface area contributed by atoms with Gasteiger partial charge in [0.25, 0.3) is 0 Å². The van der Waals surface area contributed by atoms with Gasteiger partial charge in [0.15, 0.2) is 11.7 Å². The molecule has 0 aliphatic heterocycles. The lowest BCUT2D eigenvalue weighted by Crippen LogP contribution is -2.15. The number of aromatic nitrogens is 4. The maximum atomic E-state index is 8.47. The van der Waals surface area contributed by atoms with E-state index in [0.717, 1.165) is 0 Å². The largest absolute Gasteiger partial charge is 0.409 e. The number of rotatable bonds is 2. The third-order valence-corrected chi connectivity index (χ3v) is 2.45. The molecule has 2 heterocycles. The Hall–Kier alpha value is -2.15. The Balaban J connectivity index is 2.35. The highest BCUT2D eigenvalue weighted by Gasteiger charge is 2.07. The number of nitrogens with zero attached hydrogens (tertiary/aromatic N) is 5. The maximum absolute atomic E-state index is 8.47. The molecule has 0 radical (unpaired) electrons. The molecule has 0 atom stereocenters. The molecule has 2 aromatic heterocycles. The number of halogens is 1. The third kappa shape index (κ3) is 2.18. The summed E-state index contributed by atoms with van der Waals surface area (Å²) in [6.45, 7) is 1.79. The van der Waals surface area contributed by atoms with Gasteiger partial charge in [-0.2, -0.15) is 5.10 Å². The zero-order chi connectivity index (χ0) is 12.4. The summed E-state index contributed by atoms with van der Waals surface area (Å²) in [5, 5.41) is 16.0. The summed E-state index contributed by atoms with van der Waals surface area (Å²) in [6.07, 6.45) is 4.47. The van der Waals surface area contributed by atoms with Crippen LogP contribution < -0.4 is 5.73 Å². The minimum Gasteiger partial charge on any atom is -0.409 e. The zero-order valence-corrected chi connectivity index (χ0v) is 9.63. The quantitative estimate of drug-likeness (QED) is 0.355. The summed E-state index contributed by atoms with van der Waals surface area (Å²) in [5.74, 6) is 0.396. The van der Waals surface area contributed by atoms with Gasteiger partial charge in [-0.3, -0.25) is 0 Å². The minimum atomic E-state index is -0.0984. The van der Waals surface area contributed by atoms with E-state index in [-0.39, 0.29) is 11.5 Å². The standard InChI is InChI=1S/C9H9ClN6O/c1-5-6(10)4-16(14-5)8-3-12-7(2-13-8)9(11)15-17/h2-4,17H,1H3,(H2,11,15). The van der Waals surface area contributed by atoms with Crippen molar-refractivity contribution in [3.8, 4) is 5.82 Å². The van der Waals surface area contributed by atoms with Gasteiger partial charge in [0, 0.05) is 0 Å². The number of hydrogen-bond donors (Lipinski definition) is 2. The second-order valence-corrected chi connectivity index (χ2v) is 3.66. The Kier molecular flexibility index (Phi) is 2.92. The van der Waals surface area contributed by atoms with Crippen molar-refractivity contribution >= 4 is 17.4 Å². The van der Waals surface area contributed by atoms with Gasteiger partial charge in [-0.05, 0) is 6.92 Å². The number of hydrogen-bond acceptors (Lipinski definition) is 5. The first-order chi connectivity index (χ1) is 8.11. The van der Waals surface area contributed by atoms with Gasteiger partial charge in [-0.25, -0.2) is 14.6 Å². The van der Waals surface area contributed by atoms with Crippen LogP contribution in [0, 0.1) is 6.92 Å². The molecule has 0 saturated carbocycles. The van der Waals surface area contributed by atoms with Gasteiger partial charge in [-0.1, -0.05) is 16.8 Å². The molecule has 0 aliphatic rings. The maximum Gasteiger partial charge on any atom is 0.190 e. The van der Waals surface area contributed by atoms with E-state index >= 15 is 0 Å². The first-order valence-corrected chi connectivity index (χ1v) is 5.01. The van der Waals surface area contributed by atoms with Crippen molar-refractivity contribution in [3.63, 3.8) is 0 Å². The molecule has 17 heavy (non-hydrogen) atoms. The van der Waals surface area contributed by atoms with Gasteiger partial charge >= 0.3 is 0 Å². The average molecular weight is 253 g/mol. The summed E-state index contributed by atoms with van der Waals surface area (Å²) in [7, 11) is 0. The normalized spacial score (nSPS) is 11.8. The van der Waals surface area contributed by atoms with E-state index in [4.69, 9.17) is 22.5 Å². The second kappa shape index (κ2) is 4.38. The fourth-order valence-corrected chi connectivity index (χ4v) is 1.31. The zero-order valence-electron chi connectivity index (χ0n) is 8.87. The summed E-state index contributed by atoms with van der Waals surface area (Å²) in [4.78, 5) is 8.06. The highest BCUT2D eigenvalue weighted by atomic mass is 35.5. The predicted octanol–water partition coefficient (Wildman–Crippen LogP) is 0.719. The van der Waals surface area contributed by atoms with E-state index in [1.165, 1.54) is 17.1 Å². The lowest BCUT2D eigenvalue weighted by Gasteiger charge is -2.00. The Morgan fingerprint density at radius 2 is 2.24 bits per heavy atom. The number of aryl methyl sites for hydroxylation is 1. The second-order valence-electron chi connectivity index (χ2n) is 3.25. The molecule has 7 nitrogen and oxygen atoms in total. The molecule has 8 heteroatoms. The molecule has 0 amide bonds. The molecule has 3 N–H and O–H groups in total. The van der Waals surface area contributed by atoms with E-state index in [2.05, 4.69) is 20.2 Å². The Morgan fingerprint density at radius 1 is 1.47 bits per heavy atom. The first-order valence-electron chi connectivity index (χ1n) is 4.64. The van der Waals surface area contributed by atoms with E-state index in [1.807, 2.05) is 0 Å². The van der Waals surface area contributed by atoms with Crippen LogP contribution >= 0.6 is 11.6 Å². The summed E-state index contributed by atoms with van der Waals surface area (Å²) < 4.78 is 1.50. The van der Waals surface area contributed by atoms with E-state index < -0.39 is 0 Å². The molecule has 2 aromatic rings. The summed E-state index contributed by atoms with van der Waals surface area (Å²) >= 11 is 5.88. The number of nitrogens with two attached hydrogens (primary N) is 1. The van der Waals surface area contributed by atoms with Crippen LogP contribution in [0.5, 0.6) is 0 Å². The van der Waals surface area contributed by atoms with Crippen molar-refractivity contribution in [3.05, 3.63) is 35.0 Å². The van der Waals surface area contributed by atoms with Crippen molar-refractivity contribution < 1.29 is 5.21 Å². The summed E-state index contributed by atoms with van der Waals surface area (Å²) in [6, 6.07) is 0. The smallest absolute Gasteiger partial charge is 0.190 e. The monoisotopic (exact) mass is 252 g/mol. The third-order valence-electron chi connectivity index (χ3n) is 2.08. The van der Waals surface area contributed by atoms with Crippen LogP contribution in [0.2, 0.25) is 5.02 Å².